The fourth-order valence-corrected chi connectivity index (χ4v) is 2.25. The van der Waals surface area contributed by atoms with Crippen LogP contribution in [-0.2, 0) is 13.2 Å². The highest BCUT2D eigenvalue weighted by molar-refractivity contribution is 7.09. The topological polar surface area (TPSA) is 66.6 Å². The Morgan fingerprint density at radius 1 is 1.33 bits per heavy atom. The summed E-state index contributed by atoms with van der Waals surface area (Å²) in [5, 5.41) is 2.85. The van der Waals surface area contributed by atoms with Gasteiger partial charge in [0, 0.05) is 29.8 Å². The van der Waals surface area contributed by atoms with Crippen LogP contribution in [0.1, 0.15) is 10.6 Å². The average Bonchev–Trinajstić information content (AvgIpc) is 3.05. The van der Waals surface area contributed by atoms with Crippen LogP contribution in [0.15, 0.2) is 23.7 Å². The third kappa shape index (κ3) is 2.12. The summed E-state index contributed by atoms with van der Waals surface area (Å²) >= 11 is 1.56. The first-order chi connectivity index (χ1) is 8.86. The van der Waals surface area contributed by atoms with E-state index in [-0.39, 0.29) is 6.79 Å². The smallest absolute Gasteiger partial charge is 0.231 e. The van der Waals surface area contributed by atoms with E-state index in [2.05, 4.69) is 4.98 Å². The Bertz CT molecular complexity index is 543. The largest absolute Gasteiger partial charge is 0.486 e. The number of ether oxygens (including phenoxy) is 3. The zero-order valence-corrected chi connectivity index (χ0v) is 10.4. The van der Waals surface area contributed by atoms with Gasteiger partial charge in [-0.1, -0.05) is 0 Å². The zero-order valence-electron chi connectivity index (χ0n) is 9.59. The van der Waals surface area contributed by atoms with E-state index in [9.17, 15) is 0 Å². The molecule has 0 spiro atoms. The van der Waals surface area contributed by atoms with E-state index in [1.54, 1.807) is 17.5 Å². The number of fused-ring (bicyclic) bond motifs is 1. The molecule has 0 amide bonds. The highest BCUT2D eigenvalue weighted by atomic mass is 32.1. The van der Waals surface area contributed by atoms with Gasteiger partial charge >= 0.3 is 0 Å². The predicted octanol–water partition coefficient (Wildman–Crippen LogP) is 1.91. The van der Waals surface area contributed by atoms with Crippen molar-refractivity contribution in [3.8, 4) is 17.2 Å². The van der Waals surface area contributed by atoms with E-state index in [1.165, 1.54) is 0 Å². The summed E-state index contributed by atoms with van der Waals surface area (Å²) in [7, 11) is 0. The fraction of sp³-hybridized carbons (Fsp3) is 0.250. The summed E-state index contributed by atoms with van der Waals surface area (Å²) in [6.45, 7) is 1.07. The van der Waals surface area contributed by atoms with Crippen LogP contribution in [0.2, 0.25) is 0 Å². The second-order valence-corrected chi connectivity index (χ2v) is 4.71. The summed E-state index contributed by atoms with van der Waals surface area (Å²) in [6.07, 6.45) is 1.76. The van der Waals surface area contributed by atoms with E-state index in [1.807, 2.05) is 17.5 Å². The molecule has 0 fully saturated rings. The van der Waals surface area contributed by atoms with Gasteiger partial charge in [-0.25, -0.2) is 4.98 Å². The van der Waals surface area contributed by atoms with Crippen molar-refractivity contribution in [2.24, 2.45) is 5.73 Å². The van der Waals surface area contributed by atoms with Gasteiger partial charge in [-0.3, -0.25) is 0 Å². The van der Waals surface area contributed by atoms with Crippen molar-refractivity contribution < 1.29 is 14.2 Å². The Morgan fingerprint density at radius 2 is 2.17 bits per heavy atom. The van der Waals surface area contributed by atoms with Gasteiger partial charge in [0.25, 0.3) is 0 Å². The molecule has 0 bridgehead atoms. The number of benzene rings is 1. The molecule has 2 aromatic rings. The van der Waals surface area contributed by atoms with Gasteiger partial charge in [0.15, 0.2) is 11.5 Å². The standard InChI is InChI=1S/C12H12N2O3S/c13-5-8-3-10-11(17-7-16-10)4-9(8)15-6-12-14-1-2-18-12/h1-4H,5-7,13H2. The first kappa shape index (κ1) is 11.3. The van der Waals surface area contributed by atoms with Gasteiger partial charge in [0.1, 0.15) is 17.4 Å². The number of aromatic nitrogens is 1. The maximum absolute atomic E-state index is 5.73. The van der Waals surface area contributed by atoms with Crippen LogP contribution < -0.4 is 19.9 Å². The molecule has 1 aromatic heterocycles. The Hall–Kier alpha value is -1.79. The summed E-state index contributed by atoms with van der Waals surface area (Å²) < 4.78 is 16.4. The van der Waals surface area contributed by atoms with E-state index in [0.717, 1.165) is 22.1 Å². The third-order valence-corrected chi connectivity index (χ3v) is 3.36. The number of hydrogen-bond donors (Lipinski definition) is 1. The van der Waals surface area contributed by atoms with E-state index >= 15 is 0 Å². The number of thiazole rings is 1. The van der Waals surface area contributed by atoms with Crippen molar-refractivity contribution in [3.63, 3.8) is 0 Å². The fourth-order valence-electron chi connectivity index (χ4n) is 1.72. The van der Waals surface area contributed by atoms with E-state index < -0.39 is 0 Å². The highest BCUT2D eigenvalue weighted by Crippen LogP contribution is 2.38. The summed E-state index contributed by atoms with van der Waals surface area (Å²) in [6, 6.07) is 3.68. The van der Waals surface area contributed by atoms with Crippen LogP contribution in [0.25, 0.3) is 0 Å². The van der Waals surface area contributed by atoms with Gasteiger partial charge < -0.3 is 19.9 Å². The molecule has 1 aliphatic heterocycles. The molecule has 0 atom stereocenters. The Balaban J connectivity index is 1.82. The quantitative estimate of drug-likeness (QED) is 0.913. The van der Waals surface area contributed by atoms with E-state index in [4.69, 9.17) is 19.9 Å². The summed E-state index contributed by atoms with van der Waals surface area (Å²) in [5.74, 6) is 2.13. The lowest BCUT2D eigenvalue weighted by atomic mass is 10.2. The van der Waals surface area contributed by atoms with Gasteiger partial charge in [0.2, 0.25) is 6.79 Å². The lowest BCUT2D eigenvalue weighted by Gasteiger charge is -2.10. The Labute approximate surface area is 108 Å². The molecule has 94 valence electrons. The lowest BCUT2D eigenvalue weighted by molar-refractivity contribution is 0.173. The molecule has 1 aromatic carbocycles. The van der Waals surface area contributed by atoms with Gasteiger partial charge in [0.05, 0.1) is 0 Å². The lowest BCUT2D eigenvalue weighted by Crippen LogP contribution is -2.02. The minimum absolute atomic E-state index is 0.245. The molecule has 6 heteroatoms. The molecule has 0 aliphatic carbocycles. The zero-order chi connectivity index (χ0) is 12.4. The van der Waals surface area contributed by atoms with Crippen molar-refractivity contribution in [3.05, 3.63) is 34.3 Å². The van der Waals surface area contributed by atoms with Crippen LogP contribution in [-0.4, -0.2) is 11.8 Å². The molecule has 0 radical (unpaired) electrons. The van der Waals surface area contributed by atoms with Crippen LogP contribution in [0, 0.1) is 0 Å². The molecular weight excluding hydrogens is 252 g/mol. The van der Waals surface area contributed by atoms with Crippen LogP contribution in [0.5, 0.6) is 17.2 Å². The molecule has 0 unspecified atom stereocenters. The average molecular weight is 264 g/mol. The number of nitrogens with two attached hydrogens (primary N) is 1. The Kier molecular flexibility index (Phi) is 3.04. The first-order valence-electron chi connectivity index (χ1n) is 5.50. The molecule has 3 rings (SSSR count). The minimum Gasteiger partial charge on any atom is -0.486 e. The van der Waals surface area contributed by atoms with Crippen molar-refractivity contribution >= 4 is 11.3 Å². The van der Waals surface area contributed by atoms with Crippen molar-refractivity contribution in [2.45, 2.75) is 13.2 Å². The molecule has 0 saturated carbocycles. The minimum atomic E-state index is 0.245. The highest BCUT2D eigenvalue weighted by Gasteiger charge is 2.17. The van der Waals surface area contributed by atoms with E-state index in [0.29, 0.717) is 18.9 Å². The van der Waals surface area contributed by atoms with Crippen molar-refractivity contribution in [2.75, 3.05) is 6.79 Å². The van der Waals surface area contributed by atoms with Crippen LogP contribution >= 0.6 is 11.3 Å². The third-order valence-electron chi connectivity index (χ3n) is 2.61. The molecule has 2 heterocycles. The van der Waals surface area contributed by atoms with Gasteiger partial charge in [-0.2, -0.15) is 0 Å². The molecule has 1 aliphatic rings. The van der Waals surface area contributed by atoms with Crippen molar-refractivity contribution in [1.82, 2.24) is 4.98 Å². The van der Waals surface area contributed by atoms with Gasteiger partial charge in [-0.15, -0.1) is 11.3 Å². The van der Waals surface area contributed by atoms with Crippen molar-refractivity contribution in [1.29, 1.82) is 0 Å². The molecule has 2 N–H and O–H groups in total. The first-order valence-corrected chi connectivity index (χ1v) is 6.38. The molecule has 0 saturated heterocycles. The summed E-state index contributed by atoms with van der Waals surface area (Å²) in [5.41, 5.74) is 6.60. The Morgan fingerprint density at radius 3 is 2.89 bits per heavy atom. The second-order valence-electron chi connectivity index (χ2n) is 3.73. The van der Waals surface area contributed by atoms with Gasteiger partial charge in [-0.05, 0) is 6.07 Å². The normalized spacial score (nSPS) is 12.7. The van der Waals surface area contributed by atoms with Crippen LogP contribution in [0.3, 0.4) is 0 Å². The number of hydrogen-bond acceptors (Lipinski definition) is 6. The number of rotatable bonds is 4. The molecule has 18 heavy (non-hydrogen) atoms. The monoisotopic (exact) mass is 264 g/mol. The SMILES string of the molecule is NCc1cc2c(cc1OCc1nccs1)OCO2. The molecular formula is C12H12N2O3S. The number of nitrogens with zero attached hydrogens (tertiary/aromatic N) is 1. The maximum atomic E-state index is 5.73. The predicted molar refractivity (Wildman–Crippen MR) is 66.9 cm³/mol. The summed E-state index contributed by atoms with van der Waals surface area (Å²) in [4.78, 5) is 4.17. The maximum Gasteiger partial charge on any atom is 0.231 e. The molecule has 5 nitrogen and oxygen atoms in total. The second kappa shape index (κ2) is 4.83. The van der Waals surface area contributed by atoms with Crippen LogP contribution in [0.4, 0.5) is 0 Å².